The number of hydrogen-bond acceptors (Lipinski definition) is 10. The molecule has 0 atom stereocenters. The molecule has 1 aliphatic rings. The third-order valence-corrected chi connectivity index (χ3v) is 6.43. The van der Waals surface area contributed by atoms with Crippen molar-refractivity contribution in [2.24, 2.45) is 0 Å². The van der Waals surface area contributed by atoms with E-state index < -0.39 is 0 Å². The summed E-state index contributed by atoms with van der Waals surface area (Å²) < 4.78 is 11.1. The van der Waals surface area contributed by atoms with Crippen LogP contribution in [0.2, 0.25) is 0 Å². The Bertz CT molecular complexity index is 1400. The van der Waals surface area contributed by atoms with Crippen LogP contribution in [0.25, 0.3) is 10.9 Å². The van der Waals surface area contributed by atoms with Gasteiger partial charge in [0.2, 0.25) is 5.91 Å². The van der Waals surface area contributed by atoms with E-state index >= 15 is 0 Å². The first-order valence-corrected chi connectivity index (χ1v) is 13.2. The van der Waals surface area contributed by atoms with Gasteiger partial charge in [-0.15, -0.1) is 0 Å². The number of rotatable bonds is 12. The number of carbonyl (C=O) groups excluding carboxylic acids is 2. The Morgan fingerprint density at radius 1 is 1.15 bits per heavy atom. The first-order chi connectivity index (χ1) is 19.5. The molecule has 0 unspecified atom stereocenters. The molecule has 1 aromatic heterocycles. The summed E-state index contributed by atoms with van der Waals surface area (Å²) in [5, 5.41) is 15.9. The van der Waals surface area contributed by atoms with Crippen LogP contribution < -0.4 is 15.4 Å². The Balaban J connectivity index is 1.40. The fourth-order valence-corrected chi connectivity index (χ4v) is 4.42. The number of esters is 1. The molecule has 40 heavy (non-hydrogen) atoms. The molecule has 1 amide bonds. The van der Waals surface area contributed by atoms with Gasteiger partial charge in [-0.25, -0.2) is 9.97 Å². The minimum absolute atomic E-state index is 0.180. The Morgan fingerprint density at radius 3 is 2.70 bits per heavy atom. The topological polar surface area (TPSA) is 133 Å². The summed E-state index contributed by atoms with van der Waals surface area (Å²) >= 11 is 0. The maximum atomic E-state index is 12.2. The smallest absolute Gasteiger partial charge is 0.320 e. The molecule has 0 radical (unpaired) electrons. The standard InChI is InChI=1S/C29H33N7O4/c1-3-27(37)34-25-16-23-24(31-20-32-29(23)33-22-8-5-7-21(15-22)18-30)17-26(25)40-14-6-9-35-10-12-36(13-11-35)19-28(38)39-4-2/h3,5,7-8,15-17,20H,1,4,6,9-14,19H2,2H3,(H,34,37)(H,31,32,33). The molecule has 2 aromatic carbocycles. The largest absolute Gasteiger partial charge is 0.491 e. The number of anilines is 3. The highest BCUT2D eigenvalue weighted by Crippen LogP contribution is 2.33. The van der Waals surface area contributed by atoms with Gasteiger partial charge in [-0.05, 0) is 43.7 Å². The molecule has 0 spiro atoms. The quantitative estimate of drug-likeness (QED) is 0.199. The van der Waals surface area contributed by atoms with E-state index in [1.807, 2.05) is 13.0 Å². The average Bonchev–Trinajstić information content (AvgIpc) is 2.96. The van der Waals surface area contributed by atoms with Crippen molar-refractivity contribution in [1.29, 1.82) is 5.26 Å². The number of nitriles is 1. The second kappa shape index (κ2) is 14.0. The lowest BCUT2D eigenvalue weighted by atomic mass is 10.1. The molecular weight excluding hydrogens is 510 g/mol. The lowest BCUT2D eigenvalue weighted by Gasteiger charge is -2.34. The van der Waals surface area contributed by atoms with Crippen molar-refractivity contribution in [3.63, 3.8) is 0 Å². The van der Waals surface area contributed by atoms with Crippen LogP contribution in [0.15, 0.2) is 55.4 Å². The summed E-state index contributed by atoms with van der Waals surface area (Å²) in [7, 11) is 0. The number of nitrogens with one attached hydrogen (secondary N) is 2. The van der Waals surface area contributed by atoms with Crippen molar-refractivity contribution in [2.45, 2.75) is 13.3 Å². The third kappa shape index (κ3) is 7.75. The summed E-state index contributed by atoms with van der Waals surface area (Å²) in [6.07, 6.45) is 3.44. The van der Waals surface area contributed by atoms with E-state index in [1.54, 1.807) is 30.3 Å². The van der Waals surface area contributed by atoms with Crippen LogP contribution in [0, 0.1) is 11.3 Å². The summed E-state index contributed by atoms with van der Waals surface area (Å²) in [6, 6.07) is 12.8. The van der Waals surface area contributed by atoms with Crippen LogP contribution in [-0.4, -0.2) is 84.1 Å². The fraction of sp³-hybridized carbons (Fsp3) is 0.345. The molecule has 1 aliphatic heterocycles. The number of ether oxygens (including phenoxy) is 2. The highest BCUT2D eigenvalue weighted by molar-refractivity contribution is 6.03. The average molecular weight is 544 g/mol. The molecule has 0 aliphatic carbocycles. The monoisotopic (exact) mass is 543 g/mol. The molecule has 208 valence electrons. The van der Waals surface area contributed by atoms with E-state index in [2.05, 4.69) is 43.0 Å². The van der Waals surface area contributed by atoms with Crippen molar-refractivity contribution in [1.82, 2.24) is 19.8 Å². The molecule has 0 saturated carbocycles. The third-order valence-electron chi connectivity index (χ3n) is 6.43. The van der Waals surface area contributed by atoms with Gasteiger partial charge in [-0.1, -0.05) is 12.6 Å². The second-order valence-electron chi connectivity index (χ2n) is 9.22. The number of piperazine rings is 1. The SMILES string of the molecule is C=CC(=O)Nc1cc2c(Nc3cccc(C#N)c3)ncnc2cc1OCCCN1CCN(CC(=O)OCC)CC1. The van der Waals surface area contributed by atoms with Crippen LogP contribution in [0.4, 0.5) is 17.2 Å². The van der Waals surface area contributed by atoms with Gasteiger partial charge >= 0.3 is 5.97 Å². The van der Waals surface area contributed by atoms with Gasteiger partial charge < -0.3 is 25.0 Å². The van der Waals surface area contributed by atoms with Crippen molar-refractivity contribution in [2.75, 3.05) is 63.1 Å². The Kier molecular flexibility index (Phi) is 9.99. The van der Waals surface area contributed by atoms with Crippen LogP contribution in [0.5, 0.6) is 5.75 Å². The van der Waals surface area contributed by atoms with Crippen molar-refractivity contribution in [3.05, 3.63) is 60.9 Å². The summed E-state index contributed by atoms with van der Waals surface area (Å²) in [5.74, 6) is 0.486. The van der Waals surface area contributed by atoms with Gasteiger partial charge in [0.25, 0.3) is 0 Å². The molecule has 4 rings (SSSR count). The van der Waals surface area contributed by atoms with Gasteiger partial charge in [-0.2, -0.15) is 5.26 Å². The van der Waals surface area contributed by atoms with Gasteiger partial charge in [0.05, 0.1) is 42.6 Å². The minimum Gasteiger partial charge on any atom is -0.491 e. The molecule has 1 fully saturated rings. The van der Waals surface area contributed by atoms with Gasteiger partial charge in [0, 0.05) is 49.9 Å². The zero-order chi connectivity index (χ0) is 28.3. The molecule has 2 heterocycles. The van der Waals surface area contributed by atoms with Crippen molar-refractivity contribution in [3.8, 4) is 11.8 Å². The number of aromatic nitrogens is 2. The van der Waals surface area contributed by atoms with E-state index in [9.17, 15) is 14.9 Å². The normalized spacial score (nSPS) is 13.8. The molecule has 11 heteroatoms. The fourth-order valence-electron chi connectivity index (χ4n) is 4.42. The minimum atomic E-state index is -0.363. The number of benzene rings is 2. The number of carbonyl (C=O) groups is 2. The van der Waals surface area contributed by atoms with Gasteiger partial charge in [0.15, 0.2) is 0 Å². The number of nitrogens with zero attached hydrogens (tertiary/aromatic N) is 5. The number of fused-ring (bicyclic) bond motifs is 1. The van der Waals surface area contributed by atoms with Crippen LogP contribution in [0.3, 0.4) is 0 Å². The maximum absolute atomic E-state index is 12.2. The Morgan fingerprint density at radius 2 is 1.95 bits per heavy atom. The van der Waals surface area contributed by atoms with Crippen LogP contribution in [0.1, 0.15) is 18.9 Å². The second-order valence-corrected chi connectivity index (χ2v) is 9.22. The zero-order valence-corrected chi connectivity index (χ0v) is 22.6. The van der Waals surface area contributed by atoms with Gasteiger partial charge in [-0.3, -0.25) is 14.5 Å². The number of hydrogen-bond donors (Lipinski definition) is 2. The molecule has 11 nitrogen and oxygen atoms in total. The predicted molar refractivity (Wildman–Crippen MR) is 152 cm³/mol. The van der Waals surface area contributed by atoms with E-state index in [-0.39, 0.29) is 11.9 Å². The lowest BCUT2D eigenvalue weighted by Crippen LogP contribution is -2.48. The molecule has 1 saturated heterocycles. The van der Waals surface area contributed by atoms with Crippen LogP contribution in [-0.2, 0) is 14.3 Å². The summed E-state index contributed by atoms with van der Waals surface area (Å²) in [5.41, 5.74) is 2.35. The number of amides is 1. The Hall–Kier alpha value is -4.53. The van der Waals surface area contributed by atoms with E-state index in [0.717, 1.165) is 39.1 Å². The van der Waals surface area contributed by atoms with Gasteiger partial charge in [0.1, 0.15) is 17.9 Å². The highest BCUT2D eigenvalue weighted by atomic mass is 16.5. The summed E-state index contributed by atoms with van der Waals surface area (Å²) in [4.78, 5) is 37.1. The molecule has 3 aromatic rings. The van der Waals surface area contributed by atoms with E-state index in [0.29, 0.717) is 59.2 Å². The van der Waals surface area contributed by atoms with E-state index in [4.69, 9.17) is 9.47 Å². The Labute approximate surface area is 233 Å². The highest BCUT2D eigenvalue weighted by Gasteiger charge is 2.19. The first-order valence-electron chi connectivity index (χ1n) is 13.2. The maximum Gasteiger partial charge on any atom is 0.320 e. The van der Waals surface area contributed by atoms with Crippen LogP contribution >= 0.6 is 0 Å². The zero-order valence-electron chi connectivity index (χ0n) is 22.6. The van der Waals surface area contributed by atoms with Crippen molar-refractivity contribution < 1.29 is 19.1 Å². The first kappa shape index (κ1) is 28.5. The lowest BCUT2D eigenvalue weighted by molar-refractivity contribution is -0.144. The summed E-state index contributed by atoms with van der Waals surface area (Å²) in [6.45, 7) is 10.8. The molecule has 2 N–H and O–H groups in total. The van der Waals surface area contributed by atoms with E-state index in [1.165, 1.54) is 12.4 Å². The molecule has 0 bridgehead atoms. The van der Waals surface area contributed by atoms with Crippen molar-refractivity contribution >= 4 is 40.0 Å². The molecular formula is C29H33N7O4. The predicted octanol–water partition coefficient (Wildman–Crippen LogP) is 3.32.